The number of carboxylic acid groups (broad SMARTS) is 1. The van der Waals surface area contributed by atoms with Gasteiger partial charge in [0.2, 0.25) is 0 Å². The van der Waals surface area contributed by atoms with Crippen molar-refractivity contribution in [1.29, 1.82) is 0 Å². The Morgan fingerprint density at radius 3 is 2.45 bits per heavy atom. The number of cyclic esters (lactones) is 1. The molecular weight excluding hydrogens is 706 g/mol. The number of rotatable bonds is 11. The number of aliphatic hydroxyl groups excluding tert-OH is 1. The van der Waals surface area contributed by atoms with Gasteiger partial charge in [-0.25, -0.2) is 0 Å². The van der Waals surface area contributed by atoms with Gasteiger partial charge in [0.05, 0.1) is 30.8 Å². The van der Waals surface area contributed by atoms with Gasteiger partial charge < -0.3 is 39.0 Å². The number of ether oxygens (including phenoxy) is 5. The largest absolute Gasteiger partial charge is 0.483 e. The monoisotopic (exact) mass is 763 g/mol. The van der Waals surface area contributed by atoms with Gasteiger partial charge in [0.25, 0.3) is 6.47 Å². The molecule has 4 rings (SSSR count). The number of nitrogens with zero attached hydrogens (tertiary/aromatic N) is 1. The summed E-state index contributed by atoms with van der Waals surface area (Å²) >= 11 is 6.16. The van der Waals surface area contributed by atoms with E-state index in [9.17, 15) is 19.8 Å². The summed E-state index contributed by atoms with van der Waals surface area (Å²) in [4.78, 5) is 35.5. The zero-order chi connectivity index (χ0) is 39.5. The highest BCUT2D eigenvalue weighted by molar-refractivity contribution is 6.30. The Bertz CT molecular complexity index is 1440. The molecule has 0 radical (unpaired) electrons. The fourth-order valence-corrected chi connectivity index (χ4v) is 7.42. The molecule has 3 heterocycles. The average Bonchev–Trinajstić information content (AvgIpc) is 3.81. The maximum absolute atomic E-state index is 12.9. The van der Waals surface area contributed by atoms with E-state index in [0.717, 1.165) is 17.6 Å². The van der Waals surface area contributed by atoms with Gasteiger partial charge in [-0.15, -0.1) is 0 Å². The Morgan fingerprint density at radius 1 is 1.19 bits per heavy atom. The third kappa shape index (κ3) is 12.5. The van der Waals surface area contributed by atoms with E-state index in [4.69, 9.17) is 45.2 Å². The van der Waals surface area contributed by atoms with Crippen molar-refractivity contribution in [3.8, 4) is 0 Å². The number of carbonyl (C=O) groups excluding carboxylic acids is 2. The lowest BCUT2D eigenvalue weighted by atomic mass is 9.86. The molecule has 1 aromatic rings. The second-order valence-electron chi connectivity index (χ2n) is 14.7. The lowest BCUT2D eigenvalue weighted by molar-refractivity contribution is -0.157. The topological polar surface area (TPSA) is 165 Å². The smallest absolute Gasteiger partial charge is 0.309 e. The molecule has 0 aromatic heterocycles. The van der Waals surface area contributed by atoms with Crippen molar-refractivity contribution in [1.82, 2.24) is 4.90 Å². The van der Waals surface area contributed by atoms with Gasteiger partial charge in [-0.3, -0.25) is 19.3 Å². The van der Waals surface area contributed by atoms with E-state index in [-0.39, 0.29) is 61.9 Å². The van der Waals surface area contributed by atoms with Crippen LogP contribution < -0.4 is 0 Å². The van der Waals surface area contributed by atoms with E-state index >= 15 is 0 Å². The molecule has 53 heavy (non-hydrogen) atoms. The van der Waals surface area contributed by atoms with Gasteiger partial charge in [0.15, 0.2) is 0 Å². The highest BCUT2D eigenvalue weighted by Gasteiger charge is 2.59. The second kappa shape index (κ2) is 20.0. The molecule has 3 N–H and O–H groups in total. The number of epoxide rings is 1. The highest BCUT2D eigenvalue weighted by atomic mass is 35.5. The standard InChI is InChI=1S/C39H56ClNO9.CH2O2/c1-9-31(46-8)26(4)35-36(50-35)37-39(7,47-23-41(37)22-28-13-15-29(40)16-14-28)19-10-11-24(2)34-25(3)12-17-32(48-27(5)42)38(6,45)20-18-30(43)21-33(44)49-34;2-1-3/h10-17,19,25-26,30-32,34-37,43,45H,9,18,20-23H2,1-8H3;1H,(H,2,3)/b17-12+,19-10+,24-11+;/t25-,26+,30+,31-,32-,34-,35+,36-,37?,38+,39?;/m0./s1. The third-order valence-corrected chi connectivity index (χ3v) is 10.6. The fraction of sp³-hybridized carbons (Fsp3) is 0.625. The molecule has 0 spiro atoms. The lowest BCUT2D eigenvalue weighted by Gasteiger charge is -2.32. The van der Waals surface area contributed by atoms with Crippen LogP contribution in [0.1, 0.15) is 79.7 Å². The summed E-state index contributed by atoms with van der Waals surface area (Å²) in [5.41, 5.74) is -0.245. The summed E-state index contributed by atoms with van der Waals surface area (Å²) < 4.78 is 30.0. The maximum atomic E-state index is 12.9. The van der Waals surface area contributed by atoms with E-state index < -0.39 is 41.5 Å². The van der Waals surface area contributed by atoms with Crippen LogP contribution in [-0.2, 0) is 44.6 Å². The Hall–Kier alpha value is -3.10. The first-order valence-electron chi connectivity index (χ1n) is 18.2. The van der Waals surface area contributed by atoms with Crippen molar-refractivity contribution in [2.24, 2.45) is 11.8 Å². The molecule has 11 atom stereocenters. The first-order chi connectivity index (χ1) is 25.0. The van der Waals surface area contributed by atoms with Crippen LogP contribution in [0.25, 0.3) is 0 Å². The van der Waals surface area contributed by atoms with Gasteiger partial charge in [0.1, 0.15) is 36.2 Å². The molecule has 2 saturated heterocycles. The normalized spacial score (nSPS) is 34.4. The molecule has 2 unspecified atom stereocenters. The number of esters is 2. The van der Waals surface area contributed by atoms with Crippen LogP contribution in [0.15, 0.2) is 60.2 Å². The van der Waals surface area contributed by atoms with Crippen LogP contribution in [-0.4, -0.2) is 106 Å². The molecule has 0 bridgehead atoms. The molecule has 2 fully saturated rings. The van der Waals surface area contributed by atoms with Gasteiger partial charge in [0, 0.05) is 37.4 Å². The van der Waals surface area contributed by atoms with Crippen molar-refractivity contribution < 1.29 is 53.4 Å². The first-order valence-corrected chi connectivity index (χ1v) is 18.6. The quantitative estimate of drug-likeness (QED) is 0.0839. The highest BCUT2D eigenvalue weighted by Crippen LogP contribution is 2.45. The van der Waals surface area contributed by atoms with Crippen LogP contribution in [0.5, 0.6) is 0 Å². The molecule has 3 aliphatic rings. The number of benzene rings is 1. The summed E-state index contributed by atoms with van der Waals surface area (Å²) in [7, 11) is 1.75. The molecule has 13 heteroatoms. The van der Waals surface area contributed by atoms with Gasteiger partial charge in [-0.05, 0) is 69.4 Å². The number of aliphatic hydroxyl groups is 2. The fourth-order valence-electron chi connectivity index (χ4n) is 7.29. The summed E-state index contributed by atoms with van der Waals surface area (Å²) in [6.07, 6.45) is 7.66. The molecule has 296 valence electrons. The summed E-state index contributed by atoms with van der Waals surface area (Å²) in [6.45, 7) is 13.8. The van der Waals surface area contributed by atoms with E-state index in [0.29, 0.717) is 18.3 Å². The third-order valence-electron chi connectivity index (χ3n) is 10.4. The first kappa shape index (κ1) is 44.3. The molecule has 12 nitrogen and oxygen atoms in total. The number of halogens is 1. The van der Waals surface area contributed by atoms with Crippen LogP contribution in [0, 0.1) is 11.8 Å². The average molecular weight is 764 g/mol. The van der Waals surface area contributed by atoms with Crippen molar-refractivity contribution in [3.05, 3.63) is 70.8 Å². The lowest BCUT2D eigenvalue weighted by Crippen LogP contribution is -2.47. The van der Waals surface area contributed by atoms with Crippen LogP contribution in [0.4, 0.5) is 0 Å². The summed E-state index contributed by atoms with van der Waals surface area (Å²) in [5, 5.41) is 29.3. The van der Waals surface area contributed by atoms with Crippen molar-refractivity contribution in [2.45, 2.75) is 135 Å². The van der Waals surface area contributed by atoms with Crippen molar-refractivity contribution in [2.75, 3.05) is 13.8 Å². The molecule has 0 aliphatic carbocycles. The summed E-state index contributed by atoms with van der Waals surface area (Å²) in [6, 6.07) is 7.75. The maximum Gasteiger partial charge on any atom is 0.309 e. The summed E-state index contributed by atoms with van der Waals surface area (Å²) in [5.74, 6) is -1.20. The number of methoxy groups -OCH3 is 1. The minimum absolute atomic E-state index is 0.0273. The molecule has 0 saturated carbocycles. The Balaban J connectivity index is 0.00000243. The second-order valence-corrected chi connectivity index (χ2v) is 15.1. The van der Waals surface area contributed by atoms with Gasteiger partial charge in [-0.2, -0.15) is 0 Å². The zero-order valence-corrected chi connectivity index (χ0v) is 32.9. The van der Waals surface area contributed by atoms with Crippen LogP contribution >= 0.6 is 11.6 Å². The molecule has 1 aromatic carbocycles. The Morgan fingerprint density at radius 2 is 1.85 bits per heavy atom. The van der Waals surface area contributed by atoms with E-state index in [1.807, 2.05) is 56.3 Å². The molecule has 0 amide bonds. The van der Waals surface area contributed by atoms with E-state index in [1.54, 1.807) is 26.2 Å². The van der Waals surface area contributed by atoms with Crippen LogP contribution in [0.2, 0.25) is 5.02 Å². The van der Waals surface area contributed by atoms with Crippen molar-refractivity contribution >= 4 is 30.0 Å². The predicted octanol–water partition coefficient (Wildman–Crippen LogP) is 5.62. The molecule has 3 aliphatic heterocycles. The van der Waals surface area contributed by atoms with Gasteiger partial charge in [-0.1, -0.05) is 68.8 Å². The van der Waals surface area contributed by atoms with E-state index in [1.165, 1.54) is 6.92 Å². The van der Waals surface area contributed by atoms with Gasteiger partial charge >= 0.3 is 11.9 Å². The van der Waals surface area contributed by atoms with E-state index in [2.05, 4.69) is 25.7 Å². The number of hydrogen-bond acceptors (Lipinski definition) is 11. The number of allylic oxidation sites excluding steroid dienone is 2. The number of carbonyl (C=O) groups is 3. The predicted molar refractivity (Wildman–Crippen MR) is 200 cm³/mol. The SMILES string of the molecule is CC[C@H](OC)[C@@H](C)[C@H]1O[C@@H]1C1N(Cc2ccc(Cl)cc2)COC1(C)/C=C/C=C(\C)[C@@H]1OC(=O)C[C@H](O)CC[C@@](C)(O)[C@@H](OC(C)=O)/C=C/[C@@H]1C.O=CO. The van der Waals surface area contributed by atoms with Crippen molar-refractivity contribution in [3.63, 3.8) is 0 Å². The zero-order valence-electron chi connectivity index (χ0n) is 32.1. The minimum Gasteiger partial charge on any atom is -0.483 e. The minimum atomic E-state index is -1.44. The molecular formula is C40H58ClNO11. The number of hydrogen-bond donors (Lipinski definition) is 3. The Kier molecular flexibility index (Phi) is 16.7. The Labute approximate surface area is 318 Å². The van der Waals surface area contributed by atoms with Crippen LogP contribution in [0.3, 0.4) is 0 Å².